The van der Waals surface area contributed by atoms with E-state index in [1.165, 1.54) is 0 Å². The fourth-order valence-electron chi connectivity index (χ4n) is 1.27. The summed E-state index contributed by atoms with van der Waals surface area (Å²) in [6.07, 6.45) is -0.442. The van der Waals surface area contributed by atoms with Crippen LogP contribution in [0.3, 0.4) is 0 Å². The van der Waals surface area contributed by atoms with Crippen molar-refractivity contribution in [3.63, 3.8) is 0 Å². The van der Waals surface area contributed by atoms with Crippen LogP contribution >= 0.6 is 11.6 Å². The molecule has 5 heteroatoms. The molecule has 0 aliphatic heterocycles. The highest BCUT2D eigenvalue weighted by Crippen LogP contribution is 2.01. The van der Waals surface area contributed by atoms with Crippen LogP contribution in [0.25, 0.3) is 0 Å². The molecule has 0 heterocycles. The minimum absolute atomic E-state index is 0. The van der Waals surface area contributed by atoms with Crippen LogP contribution in [0, 0.1) is 0 Å². The third-order valence-corrected chi connectivity index (χ3v) is 2.43. The van der Waals surface area contributed by atoms with Crippen molar-refractivity contribution in [3.8, 4) is 0 Å². The second kappa shape index (κ2) is 9.25. The minimum Gasteiger partial charge on any atom is -1.00 e. The van der Waals surface area contributed by atoms with Crippen LogP contribution in [-0.2, 0) is 4.74 Å². The topological polar surface area (TPSA) is 29.5 Å². The molecular formula is C11H23Cl2NO2. The van der Waals surface area contributed by atoms with E-state index in [0.29, 0.717) is 24.2 Å². The smallest absolute Gasteiger partial charge is 0.116 e. The molecule has 1 atom stereocenters. The largest absolute Gasteiger partial charge is 1.00 e. The van der Waals surface area contributed by atoms with E-state index >= 15 is 0 Å². The quantitative estimate of drug-likeness (QED) is 0.246. The SMILES string of the molecule is C=C(C)COCC[N+](C)(C)CC(O)CCl.[Cl-]. The van der Waals surface area contributed by atoms with Gasteiger partial charge in [-0.25, -0.2) is 0 Å². The first-order valence-electron chi connectivity index (χ1n) is 5.15. The van der Waals surface area contributed by atoms with Crippen molar-refractivity contribution in [3.05, 3.63) is 12.2 Å². The number of nitrogens with zero attached hydrogens (tertiary/aromatic N) is 1. The number of hydrogen-bond donors (Lipinski definition) is 1. The molecule has 16 heavy (non-hydrogen) atoms. The fourth-order valence-corrected chi connectivity index (χ4v) is 1.37. The molecule has 0 radical (unpaired) electrons. The molecule has 1 N–H and O–H groups in total. The predicted molar refractivity (Wildman–Crippen MR) is 64.2 cm³/mol. The summed E-state index contributed by atoms with van der Waals surface area (Å²) >= 11 is 5.56. The van der Waals surface area contributed by atoms with Crippen LogP contribution in [0.1, 0.15) is 6.92 Å². The van der Waals surface area contributed by atoms with Crippen molar-refractivity contribution in [2.24, 2.45) is 0 Å². The maximum absolute atomic E-state index is 9.44. The van der Waals surface area contributed by atoms with Crippen molar-refractivity contribution < 1.29 is 26.7 Å². The minimum atomic E-state index is -0.442. The van der Waals surface area contributed by atoms with Gasteiger partial charge in [0, 0.05) is 0 Å². The summed E-state index contributed by atoms with van der Waals surface area (Å²) in [6, 6.07) is 0. The number of ether oxygens (including phenoxy) is 1. The highest BCUT2D eigenvalue weighted by molar-refractivity contribution is 6.18. The van der Waals surface area contributed by atoms with Crippen LogP contribution in [0.5, 0.6) is 0 Å². The summed E-state index contributed by atoms with van der Waals surface area (Å²) in [6.45, 7) is 8.50. The average molecular weight is 272 g/mol. The van der Waals surface area contributed by atoms with Crippen molar-refractivity contribution in [1.82, 2.24) is 0 Å². The van der Waals surface area contributed by atoms with Gasteiger partial charge in [-0.15, -0.1) is 11.6 Å². The van der Waals surface area contributed by atoms with Gasteiger partial charge in [0.1, 0.15) is 19.2 Å². The molecule has 0 bridgehead atoms. The molecule has 1 unspecified atom stereocenters. The molecule has 0 aliphatic rings. The van der Waals surface area contributed by atoms with E-state index in [-0.39, 0.29) is 18.3 Å². The highest BCUT2D eigenvalue weighted by atomic mass is 35.5. The lowest BCUT2D eigenvalue weighted by Gasteiger charge is -2.31. The molecule has 0 fully saturated rings. The Labute approximate surface area is 110 Å². The molecule has 0 aromatic heterocycles. The number of halogens is 2. The normalized spacial score (nSPS) is 13.1. The maximum atomic E-state index is 9.44. The van der Waals surface area contributed by atoms with E-state index < -0.39 is 6.10 Å². The fraction of sp³-hybridized carbons (Fsp3) is 0.818. The monoisotopic (exact) mass is 271 g/mol. The Morgan fingerprint density at radius 1 is 1.50 bits per heavy atom. The van der Waals surface area contributed by atoms with E-state index in [4.69, 9.17) is 16.3 Å². The predicted octanol–water partition coefficient (Wildman–Crippen LogP) is -1.74. The Morgan fingerprint density at radius 3 is 2.50 bits per heavy atom. The number of aliphatic hydroxyl groups is 1. The molecule has 0 spiro atoms. The van der Waals surface area contributed by atoms with Gasteiger partial charge in [0.05, 0.1) is 33.2 Å². The Hall–Kier alpha value is 0.200. The zero-order chi connectivity index (χ0) is 11.9. The molecule has 0 aliphatic carbocycles. The van der Waals surface area contributed by atoms with E-state index in [2.05, 4.69) is 20.7 Å². The van der Waals surface area contributed by atoms with Crippen LogP contribution in [0.4, 0.5) is 0 Å². The van der Waals surface area contributed by atoms with Crippen LogP contribution in [0.15, 0.2) is 12.2 Å². The highest BCUT2D eigenvalue weighted by Gasteiger charge is 2.19. The van der Waals surface area contributed by atoms with Gasteiger partial charge in [0.15, 0.2) is 0 Å². The molecule has 98 valence electrons. The first kappa shape index (κ1) is 18.6. The van der Waals surface area contributed by atoms with Gasteiger partial charge in [-0.1, -0.05) is 12.2 Å². The number of aliphatic hydroxyl groups excluding tert-OH is 1. The van der Waals surface area contributed by atoms with Gasteiger partial charge in [0.25, 0.3) is 0 Å². The first-order chi connectivity index (χ1) is 6.87. The lowest BCUT2D eigenvalue weighted by Crippen LogP contribution is -3.00. The van der Waals surface area contributed by atoms with Crippen molar-refractivity contribution in [2.45, 2.75) is 13.0 Å². The van der Waals surface area contributed by atoms with Gasteiger partial charge in [-0.3, -0.25) is 0 Å². The number of rotatable bonds is 8. The maximum Gasteiger partial charge on any atom is 0.116 e. The number of hydrogen-bond acceptors (Lipinski definition) is 2. The zero-order valence-corrected chi connectivity index (χ0v) is 11.9. The molecule has 0 rings (SSSR count). The summed E-state index contributed by atoms with van der Waals surface area (Å²) in [5.74, 6) is 0.286. The molecule has 3 nitrogen and oxygen atoms in total. The van der Waals surface area contributed by atoms with Gasteiger partial charge in [0.2, 0.25) is 0 Å². The average Bonchev–Trinajstić information content (AvgIpc) is 2.11. The van der Waals surface area contributed by atoms with Crippen molar-refractivity contribution in [1.29, 1.82) is 0 Å². The number of likely N-dealkylation sites (N-methyl/N-ethyl adjacent to an activating group) is 1. The Morgan fingerprint density at radius 2 is 2.06 bits per heavy atom. The second-order valence-corrected chi connectivity index (χ2v) is 4.97. The Kier molecular flexibility index (Phi) is 10.7. The molecular weight excluding hydrogens is 249 g/mol. The summed E-state index contributed by atoms with van der Waals surface area (Å²) in [4.78, 5) is 0. The van der Waals surface area contributed by atoms with E-state index in [0.717, 1.165) is 12.1 Å². The molecule has 0 saturated carbocycles. The zero-order valence-electron chi connectivity index (χ0n) is 10.4. The number of quaternary nitrogens is 1. The molecule has 0 aromatic carbocycles. The molecule has 0 amide bonds. The van der Waals surface area contributed by atoms with E-state index in [9.17, 15) is 5.11 Å². The van der Waals surface area contributed by atoms with Crippen LogP contribution < -0.4 is 12.4 Å². The lowest BCUT2D eigenvalue weighted by atomic mass is 10.3. The van der Waals surface area contributed by atoms with E-state index in [1.807, 2.05) is 6.92 Å². The molecule has 0 aromatic rings. The Bertz CT molecular complexity index is 198. The third kappa shape index (κ3) is 10.7. The summed E-state index contributed by atoms with van der Waals surface area (Å²) in [5, 5.41) is 9.44. The Balaban J connectivity index is 0. The summed E-state index contributed by atoms with van der Waals surface area (Å²) in [5.41, 5.74) is 1.03. The van der Waals surface area contributed by atoms with Crippen molar-refractivity contribution >= 4 is 11.6 Å². The molecule has 0 saturated heterocycles. The third-order valence-electron chi connectivity index (χ3n) is 2.07. The standard InChI is InChI=1S/C11H23ClNO2.ClH/c1-10(2)9-15-6-5-13(3,4)8-11(14)7-12;/h11,14H,1,5-9H2,2-4H3;1H/q+1;/p-1. The van der Waals surface area contributed by atoms with Gasteiger partial charge in [-0.05, 0) is 6.92 Å². The summed E-state index contributed by atoms with van der Waals surface area (Å²) < 4.78 is 6.13. The van der Waals surface area contributed by atoms with Crippen molar-refractivity contribution in [2.75, 3.05) is 46.3 Å². The number of alkyl halides is 1. The summed E-state index contributed by atoms with van der Waals surface area (Å²) in [7, 11) is 4.11. The van der Waals surface area contributed by atoms with Gasteiger partial charge in [-0.2, -0.15) is 0 Å². The van der Waals surface area contributed by atoms with E-state index in [1.54, 1.807) is 0 Å². The van der Waals surface area contributed by atoms with Gasteiger partial charge >= 0.3 is 0 Å². The lowest BCUT2D eigenvalue weighted by molar-refractivity contribution is -0.893. The van der Waals surface area contributed by atoms with Crippen LogP contribution in [-0.4, -0.2) is 62.0 Å². The first-order valence-corrected chi connectivity index (χ1v) is 5.69. The second-order valence-electron chi connectivity index (χ2n) is 4.66. The van der Waals surface area contributed by atoms with Gasteiger partial charge < -0.3 is 26.7 Å². The van der Waals surface area contributed by atoms with Crippen LogP contribution in [0.2, 0.25) is 0 Å².